The van der Waals surface area contributed by atoms with Gasteiger partial charge in [0.1, 0.15) is 17.8 Å². The molecule has 0 atom stereocenters. The lowest BCUT2D eigenvalue weighted by Crippen LogP contribution is -2.17. The van der Waals surface area contributed by atoms with Crippen molar-refractivity contribution in [2.75, 3.05) is 11.1 Å². The molecule has 1 fully saturated rings. The fourth-order valence-corrected chi connectivity index (χ4v) is 2.75. The number of hydrogen-bond donors (Lipinski definition) is 2. The van der Waals surface area contributed by atoms with Gasteiger partial charge < -0.3 is 15.8 Å². The zero-order valence-electron chi connectivity index (χ0n) is 12.5. The number of ether oxygens (including phenoxy) is 1. The maximum atomic E-state index is 6.14. The van der Waals surface area contributed by atoms with E-state index in [1.54, 1.807) is 12.1 Å². The summed E-state index contributed by atoms with van der Waals surface area (Å²) in [5, 5.41) is 4.08. The van der Waals surface area contributed by atoms with Gasteiger partial charge in [-0.1, -0.05) is 24.4 Å². The predicted molar refractivity (Wildman–Crippen MR) is 88.6 cm³/mol. The van der Waals surface area contributed by atoms with E-state index in [4.69, 9.17) is 22.1 Å². The normalized spacial score (nSPS) is 15.0. The van der Waals surface area contributed by atoms with Gasteiger partial charge in [-0.15, -0.1) is 0 Å². The SMILES string of the molecule is Cc1cc(Oc2ncnc(NC3CCCC3)c2N)ccc1Cl. The summed E-state index contributed by atoms with van der Waals surface area (Å²) in [6.07, 6.45) is 6.25. The van der Waals surface area contributed by atoms with Crippen molar-refractivity contribution in [3.05, 3.63) is 35.1 Å². The Morgan fingerprint density at radius 3 is 2.77 bits per heavy atom. The van der Waals surface area contributed by atoms with Crippen molar-refractivity contribution in [3.8, 4) is 11.6 Å². The van der Waals surface area contributed by atoms with Gasteiger partial charge in [-0.05, 0) is 43.5 Å². The molecule has 0 bridgehead atoms. The van der Waals surface area contributed by atoms with Crippen LogP contribution in [0.2, 0.25) is 5.02 Å². The summed E-state index contributed by atoms with van der Waals surface area (Å²) in [7, 11) is 0. The van der Waals surface area contributed by atoms with E-state index in [1.807, 2.05) is 13.0 Å². The Hall–Kier alpha value is -2.01. The summed E-state index contributed by atoms with van der Waals surface area (Å²) in [5.41, 5.74) is 7.51. The molecule has 1 aromatic carbocycles. The fraction of sp³-hybridized carbons (Fsp3) is 0.375. The Morgan fingerprint density at radius 2 is 2.05 bits per heavy atom. The van der Waals surface area contributed by atoms with Crippen LogP contribution >= 0.6 is 11.6 Å². The minimum Gasteiger partial charge on any atom is -0.437 e. The molecule has 0 unspecified atom stereocenters. The van der Waals surface area contributed by atoms with Crippen LogP contribution in [0.3, 0.4) is 0 Å². The molecule has 3 N–H and O–H groups in total. The molecule has 0 radical (unpaired) electrons. The number of nitrogens with one attached hydrogen (secondary N) is 1. The first-order valence-corrected chi connectivity index (χ1v) is 7.82. The van der Waals surface area contributed by atoms with Crippen LogP contribution in [-0.2, 0) is 0 Å². The van der Waals surface area contributed by atoms with Crippen LogP contribution in [0.1, 0.15) is 31.2 Å². The van der Waals surface area contributed by atoms with Crippen LogP contribution in [0.5, 0.6) is 11.6 Å². The second-order valence-corrected chi connectivity index (χ2v) is 5.99. The van der Waals surface area contributed by atoms with Gasteiger partial charge in [0.25, 0.3) is 0 Å². The van der Waals surface area contributed by atoms with Crippen LogP contribution in [0.25, 0.3) is 0 Å². The Bertz CT molecular complexity index is 671. The smallest absolute Gasteiger partial charge is 0.248 e. The first kappa shape index (κ1) is 14.9. The summed E-state index contributed by atoms with van der Waals surface area (Å²) in [4.78, 5) is 8.36. The Balaban J connectivity index is 1.79. The molecule has 6 heteroatoms. The summed E-state index contributed by atoms with van der Waals surface area (Å²) in [5.74, 6) is 1.65. The summed E-state index contributed by atoms with van der Waals surface area (Å²) >= 11 is 6.02. The molecule has 22 heavy (non-hydrogen) atoms. The van der Waals surface area contributed by atoms with Gasteiger partial charge in [-0.2, -0.15) is 4.98 Å². The van der Waals surface area contributed by atoms with Crippen LogP contribution in [0, 0.1) is 6.92 Å². The second kappa shape index (κ2) is 6.40. The van der Waals surface area contributed by atoms with Crippen molar-refractivity contribution < 1.29 is 4.74 Å². The van der Waals surface area contributed by atoms with Gasteiger partial charge in [-0.3, -0.25) is 0 Å². The molecule has 1 saturated carbocycles. The van der Waals surface area contributed by atoms with Crippen LogP contribution in [0.4, 0.5) is 11.5 Å². The number of aryl methyl sites for hydroxylation is 1. The molecule has 3 rings (SSSR count). The standard InChI is InChI=1S/C16H19ClN4O/c1-10-8-12(6-7-13(10)17)22-16-14(18)15(19-9-20-16)21-11-4-2-3-5-11/h6-9,11H,2-5,18H2,1H3,(H,19,20,21). The lowest BCUT2D eigenvalue weighted by molar-refractivity contribution is 0.464. The van der Waals surface area contributed by atoms with Gasteiger partial charge in [0.15, 0.2) is 5.82 Å². The quantitative estimate of drug-likeness (QED) is 0.885. The highest BCUT2D eigenvalue weighted by molar-refractivity contribution is 6.31. The molecule has 0 amide bonds. The molecular formula is C16H19ClN4O. The lowest BCUT2D eigenvalue weighted by atomic mass is 10.2. The van der Waals surface area contributed by atoms with Crippen molar-refractivity contribution in [2.24, 2.45) is 0 Å². The van der Waals surface area contributed by atoms with Crippen LogP contribution < -0.4 is 15.8 Å². The largest absolute Gasteiger partial charge is 0.437 e. The predicted octanol–water partition coefficient (Wildman–Crippen LogP) is 4.17. The second-order valence-electron chi connectivity index (χ2n) is 5.58. The van der Waals surface area contributed by atoms with E-state index in [0.717, 1.165) is 18.4 Å². The van der Waals surface area contributed by atoms with Crippen LogP contribution in [0.15, 0.2) is 24.5 Å². The van der Waals surface area contributed by atoms with Crippen molar-refractivity contribution >= 4 is 23.1 Å². The lowest BCUT2D eigenvalue weighted by Gasteiger charge is -2.15. The fourth-order valence-electron chi connectivity index (χ4n) is 2.63. The number of nitrogen functional groups attached to an aromatic ring is 1. The van der Waals surface area contributed by atoms with Crippen molar-refractivity contribution in [1.82, 2.24) is 9.97 Å². The van der Waals surface area contributed by atoms with Gasteiger partial charge in [0.05, 0.1) is 0 Å². The Morgan fingerprint density at radius 1 is 1.27 bits per heavy atom. The van der Waals surface area contributed by atoms with Gasteiger partial charge in [0.2, 0.25) is 5.88 Å². The average molecular weight is 319 g/mol. The molecule has 1 aliphatic carbocycles. The number of benzene rings is 1. The number of nitrogens with zero attached hydrogens (tertiary/aromatic N) is 2. The number of aromatic nitrogens is 2. The number of anilines is 2. The van der Waals surface area contributed by atoms with E-state index in [0.29, 0.717) is 34.2 Å². The third-order valence-corrected chi connectivity index (χ3v) is 4.31. The van der Waals surface area contributed by atoms with Gasteiger partial charge in [-0.25, -0.2) is 4.98 Å². The molecule has 116 valence electrons. The van der Waals surface area contributed by atoms with Gasteiger partial charge in [0, 0.05) is 11.1 Å². The molecule has 2 aromatic rings. The topological polar surface area (TPSA) is 73.1 Å². The van der Waals surface area contributed by atoms with Crippen molar-refractivity contribution in [3.63, 3.8) is 0 Å². The number of halogens is 1. The minimum atomic E-state index is 0.359. The number of nitrogens with two attached hydrogens (primary N) is 1. The molecule has 0 aliphatic heterocycles. The molecule has 1 aliphatic rings. The third kappa shape index (κ3) is 3.25. The highest BCUT2D eigenvalue weighted by Gasteiger charge is 2.18. The van der Waals surface area contributed by atoms with Crippen molar-refractivity contribution in [2.45, 2.75) is 38.6 Å². The summed E-state index contributed by atoms with van der Waals surface area (Å²) in [6, 6.07) is 5.87. The third-order valence-electron chi connectivity index (χ3n) is 3.89. The zero-order chi connectivity index (χ0) is 15.5. The maximum absolute atomic E-state index is 6.14. The van der Waals surface area contributed by atoms with E-state index >= 15 is 0 Å². The zero-order valence-corrected chi connectivity index (χ0v) is 13.2. The van der Waals surface area contributed by atoms with E-state index in [9.17, 15) is 0 Å². The Kier molecular flexibility index (Phi) is 4.34. The summed E-state index contributed by atoms with van der Waals surface area (Å²) < 4.78 is 5.78. The molecular weight excluding hydrogens is 300 g/mol. The van der Waals surface area contributed by atoms with Gasteiger partial charge >= 0.3 is 0 Å². The number of rotatable bonds is 4. The highest BCUT2D eigenvalue weighted by atomic mass is 35.5. The first-order chi connectivity index (χ1) is 10.6. The Labute approximate surface area is 134 Å². The monoisotopic (exact) mass is 318 g/mol. The van der Waals surface area contributed by atoms with Crippen LogP contribution in [-0.4, -0.2) is 16.0 Å². The molecule has 1 aromatic heterocycles. The molecule has 0 saturated heterocycles. The summed E-state index contributed by atoms with van der Waals surface area (Å²) in [6.45, 7) is 1.92. The van der Waals surface area contributed by atoms with Crippen molar-refractivity contribution in [1.29, 1.82) is 0 Å². The number of hydrogen-bond acceptors (Lipinski definition) is 5. The van der Waals surface area contributed by atoms with E-state index in [2.05, 4.69) is 15.3 Å². The highest BCUT2D eigenvalue weighted by Crippen LogP contribution is 2.32. The van der Waals surface area contributed by atoms with E-state index in [-0.39, 0.29) is 0 Å². The first-order valence-electron chi connectivity index (χ1n) is 7.44. The maximum Gasteiger partial charge on any atom is 0.248 e. The molecule has 1 heterocycles. The molecule has 5 nitrogen and oxygen atoms in total. The van der Waals surface area contributed by atoms with E-state index in [1.165, 1.54) is 19.2 Å². The minimum absolute atomic E-state index is 0.359. The van der Waals surface area contributed by atoms with E-state index < -0.39 is 0 Å². The molecule has 0 spiro atoms. The average Bonchev–Trinajstić information content (AvgIpc) is 3.00.